The second-order valence-corrected chi connectivity index (χ2v) is 9.61. The van der Waals surface area contributed by atoms with Crippen LogP contribution in [0.15, 0.2) is 54.9 Å². The number of nitrogens with one attached hydrogen (secondary N) is 2. The molecule has 0 saturated heterocycles. The van der Waals surface area contributed by atoms with Crippen molar-refractivity contribution < 1.29 is 14.6 Å². The van der Waals surface area contributed by atoms with Gasteiger partial charge in [0.25, 0.3) is 5.91 Å². The molecule has 6 rings (SSSR count). The van der Waals surface area contributed by atoms with E-state index in [1.165, 1.54) is 6.33 Å². The Morgan fingerprint density at radius 1 is 1.11 bits per heavy atom. The fourth-order valence-electron chi connectivity index (χ4n) is 5.10. The van der Waals surface area contributed by atoms with Gasteiger partial charge in [-0.25, -0.2) is 14.6 Å². The van der Waals surface area contributed by atoms with E-state index in [2.05, 4.69) is 20.6 Å². The Balaban J connectivity index is 1.17. The molecule has 1 aliphatic carbocycles. The second-order valence-electron chi connectivity index (χ2n) is 9.61. The van der Waals surface area contributed by atoms with Crippen LogP contribution in [0.5, 0.6) is 5.75 Å². The number of ether oxygens (including phenoxy) is 1. The summed E-state index contributed by atoms with van der Waals surface area (Å²) in [7, 11) is 0. The van der Waals surface area contributed by atoms with Gasteiger partial charge in [-0.05, 0) is 43.4 Å². The summed E-state index contributed by atoms with van der Waals surface area (Å²) < 4.78 is 7.79. The molecule has 5 N–H and O–H groups in total. The Hall–Kier alpha value is -4.18. The second kappa shape index (κ2) is 9.70. The van der Waals surface area contributed by atoms with Crippen LogP contribution in [0.2, 0.25) is 0 Å². The summed E-state index contributed by atoms with van der Waals surface area (Å²) in [5.74, 6) is 0.900. The molecular formula is C27H29N7O3. The lowest BCUT2D eigenvalue weighted by Crippen LogP contribution is -2.44. The van der Waals surface area contributed by atoms with Crippen molar-refractivity contribution in [2.24, 2.45) is 0 Å². The molecule has 2 aromatic heterocycles. The zero-order valence-corrected chi connectivity index (χ0v) is 20.3. The number of aliphatic hydroxyl groups is 1. The third kappa shape index (κ3) is 4.55. The Morgan fingerprint density at radius 2 is 1.89 bits per heavy atom. The molecule has 0 spiro atoms. The Kier molecular flexibility index (Phi) is 6.09. The average molecular weight is 500 g/mol. The summed E-state index contributed by atoms with van der Waals surface area (Å²) in [4.78, 5) is 21.4. The lowest BCUT2D eigenvalue weighted by atomic mass is 9.93. The van der Waals surface area contributed by atoms with Crippen molar-refractivity contribution in [2.45, 2.75) is 50.5 Å². The number of aromatic nitrogens is 4. The minimum atomic E-state index is -0.589. The van der Waals surface area contributed by atoms with Gasteiger partial charge in [0.1, 0.15) is 23.6 Å². The van der Waals surface area contributed by atoms with Crippen LogP contribution in [-0.2, 0) is 11.3 Å². The zero-order valence-electron chi connectivity index (χ0n) is 20.3. The number of anilines is 2. The van der Waals surface area contributed by atoms with Gasteiger partial charge in [-0.15, -0.1) is 0 Å². The van der Waals surface area contributed by atoms with E-state index in [1.54, 1.807) is 0 Å². The van der Waals surface area contributed by atoms with Gasteiger partial charge in [0.15, 0.2) is 11.8 Å². The zero-order chi connectivity index (χ0) is 25.4. The number of rotatable bonds is 5. The number of benzene rings is 2. The molecule has 1 saturated carbocycles. The molecule has 3 heterocycles. The molecule has 1 atom stereocenters. The van der Waals surface area contributed by atoms with E-state index in [0.717, 1.165) is 53.6 Å². The number of hydrogen-bond donors (Lipinski definition) is 4. The van der Waals surface area contributed by atoms with Gasteiger partial charge >= 0.3 is 0 Å². The fraction of sp³-hybridized carbons (Fsp3) is 0.333. The van der Waals surface area contributed by atoms with E-state index in [1.807, 2.05) is 53.2 Å². The summed E-state index contributed by atoms with van der Waals surface area (Å²) in [6, 6.07) is 15.6. The molecule has 0 bridgehead atoms. The van der Waals surface area contributed by atoms with Gasteiger partial charge in [-0.3, -0.25) is 4.79 Å². The third-order valence-electron chi connectivity index (χ3n) is 7.15. The molecule has 0 radical (unpaired) electrons. The highest BCUT2D eigenvalue weighted by molar-refractivity contribution is 5.98. The van der Waals surface area contributed by atoms with E-state index in [9.17, 15) is 9.90 Å². The van der Waals surface area contributed by atoms with Crippen molar-refractivity contribution in [3.05, 3.63) is 60.4 Å². The van der Waals surface area contributed by atoms with Gasteiger partial charge in [0, 0.05) is 12.1 Å². The fourth-order valence-corrected chi connectivity index (χ4v) is 5.10. The number of fused-ring (bicyclic) bond motifs is 2. The van der Waals surface area contributed by atoms with Gasteiger partial charge in [-0.2, -0.15) is 5.10 Å². The van der Waals surface area contributed by atoms with E-state index in [4.69, 9.17) is 15.6 Å². The SMILES string of the molecule is Nc1ncnc2c1c(-c1ccc(CNC(=O)C3CNc4ccccc4O3)cc1)nn2C1CCC(O)CC1. The molecule has 190 valence electrons. The maximum atomic E-state index is 12.7. The predicted molar refractivity (Wildman–Crippen MR) is 140 cm³/mol. The van der Waals surface area contributed by atoms with Crippen LogP contribution >= 0.6 is 0 Å². The molecule has 2 aromatic carbocycles. The van der Waals surface area contributed by atoms with Crippen LogP contribution < -0.4 is 21.1 Å². The summed E-state index contributed by atoms with van der Waals surface area (Å²) in [5.41, 5.74) is 10.4. The molecule has 10 nitrogen and oxygen atoms in total. The van der Waals surface area contributed by atoms with Gasteiger partial charge in [0.05, 0.1) is 29.8 Å². The smallest absolute Gasteiger partial charge is 0.263 e. The van der Waals surface area contributed by atoms with Crippen LogP contribution in [0.3, 0.4) is 0 Å². The number of carbonyl (C=O) groups excluding carboxylic acids is 1. The monoisotopic (exact) mass is 499 g/mol. The van der Waals surface area contributed by atoms with Crippen molar-refractivity contribution in [3.8, 4) is 17.0 Å². The molecule has 1 fully saturated rings. The first-order chi connectivity index (χ1) is 18.1. The number of amides is 1. The molecule has 37 heavy (non-hydrogen) atoms. The van der Waals surface area contributed by atoms with Gasteiger partial charge < -0.3 is 26.2 Å². The number of aliphatic hydroxyl groups excluding tert-OH is 1. The lowest BCUT2D eigenvalue weighted by Gasteiger charge is -2.26. The van der Waals surface area contributed by atoms with E-state index in [-0.39, 0.29) is 18.1 Å². The summed E-state index contributed by atoms with van der Waals surface area (Å²) in [6.45, 7) is 0.798. The molecule has 10 heteroatoms. The van der Waals surface area contributed by atoms with Crippen molar-refractivity contribution in [1.29, 1.82) is 0 Å². The largest absolute Gasteiger partial charge is 0.477 e. The summed E-state index contributed by atoms with van der Waals surface area (Å²) >= 11 is 0. The highest BCUT2D eigenvalue weighted by Gasteiger charge is 2.27. The quantitative estimate of drug-likeness (QED) is 0.328. The van der Waals surface area contributed by atoms with Crippen LogP contribution in [0.1, 0.15) is 37.3 Å². The van der Waals surface area contributed by atoms with Gasteiger partial charge in [0.2, 0.25) is 0 Å². The minimum absolute atomic E-state index is 0.159. The number of para-hydroxylation sites is 2. The number of carbonyl (C=O) groups is 1. The first kappa shape index (κ1) is 23.2. The van der Waals surface area contributed by atoms with Crippen molar-refractivity contribution >= 4 is 28.4 Å². The topological polar surface area (TPSA) is 140 Å². The molecule has 1 aliphatic heterocycles. The number of nitrogens with zero attached hydrogens (tertiary/aromatic N) is 4. The lowest BCUT2D eigenvalue weighted by molar-refractivity contribution is -0.127. The first-order valence-electron chi connectivity index (χ1n) is 12.6. The van der Waals surface area contributed by atoms with Crippen LogP contribution in [0.4, 0.5) is 11.5 Å². The summed E-state index contributed by atoms with van der Waals surface area (Å²) in [6.07, 6.45) is 3.80. The van der Waals surface area contributed by atoms with Gasteiger partial charge in [-0.1, -0.05) is 36.4 Å². The Bertz CT molecular complexity index is 1430. The van der Waals surface area contributed by atoms with E-state index < -0.39 is 6.10 Å². The van der Waals surface area contributed by atoms with Crippen molar-refractivity contribution in [1.82, 2.24) is 25.1 Å². The van der Waals surface area contributed by atoms with E-state index >= 15 is 0 Å². The molecular weight excluding hydrogens is 470 g/mol. The average Bonchev–Trinajstić information content (AvgIpc) is 3.33. The van der Waals surface area contributed by atoms with Crippen LogP contribution in [0.25, 0.3) is 22.3 Å². The van der Waals surface area contributed by atoms with Crippen molar-refractivity contribution in [2.75, 3.05) is 17.6 Å². The highest BCUT2D eigenvalue weighted by Crippen LogP contribution is 2.36. The Morgan fingerprint density at radius 3 is 2.70 bits per heavy atom. The molecule has 1 unspecified atom stereocenters. The first-order valence-corrected chi connectivity index (χ1v) is 12.6. The van der Waals surface area contributed by atoms with E-state index in [0.29, 0.717) is 30.3 Å². The summed E-state index contributed by atoms with van der Waals surface area (Å²) in [5, 5.41) is 21.8. The Labute approximate surface area is 213 Å². The number of nitrogen functional groups attached to an aromatic ring is 1. The number of nitrogens with two attached hydrogens (primary N) is 1. The highest BCUT2D eigenvalue weighted by atomic mass is 16.5. The third-order valence-corrected chi connectivity index (χ3v) is 7.15. The maximum absolute atomic E-state index is 12.7. The van der Waals surface area contributed by atoms with Crippen molar-refractivity contribution in [3.63, 3.8) is 0 Å². The normalized spacial score (nSPS) is 21.1. The predicted octanol–water partition coefficient (Wildman–Crippen LogP) is 3.04. The standard InChI is InChI=1S/C27H29N7O3/c28-25-23-24(33-34(26(23)32-15-31-25)18-9-11-19(35)12-10-18)17-7-5-16(6-8-17)13-30-27(36)22-14-29-20-3-1-2-4-21(20)37-22/h1-8,15,18-19,22,29,35H,9-14H2,(H,30,36)(H2,28,31,32). The molecule has 2 aliphatic rings. The molecule has 4 aromatic rings. The minimum Gasteiger partial charge on any atom is -0.477 e. The number of hydrogen-bond acceptors (Lipinski definition) is 8. The van der Waals surface area contributed by atoms with Crippen LogP contribution in [0, 0.1) is 0 Å². The maximum Gasteiger partial charge on any atom is 0.263 e. The molecule has 1 amide bonds. The van der Waals surface area contributed by atoms with Crippen LogP contribution in [-0.4, -0.2) is 49.5 Å².